The number of carbonyl (C=O) groups excluding carboxylic acids is 1. The van der Waals surface area contributed by atoms with Crippen LogP contribution < -0.4 is 20.3 Å². The monoisotopic (exact) mass is 481 g/mol. The van der Waals surface area contributed by atoms with E-state index in [2.05, 4.69) is 15.3 Å². The van der Waals surface area contributed by atoms with Crippen molar-refractivity contribution in [2.75, 3.05) is 11.9 Å². The lowest BCUT2D eigenvalue weighted by atomic mass is 10.2. The Bertz CT molecular complexity index is 1380. The summed E-state index contributed by atoms with van der Waals surface area (Å²) in [6.07, 6.45) is 1.57. The van der Waals surface area contributed by atoms with Crippen LogP contribution >= 0.6 is 11.6 Å². The van der Waals surface area contributed by atoms with Crippen molar-refractivity contribution >= 4 is 29.0 Å². The van der Waals surface area contributed by atoms with Crippen molar-refractivity contribution < 1.29 is 14.3 Å². The van der Waals surface area contributed by atoms with Gasteiger partial charge in [-0.3, -0.25) is 14.3 Å². The van der Waals surface area contributed by atoms with Crippen LogP contribution in [0.3, 0.4) is 0 Å². The summed E-state index contributed by atoms with van der Waals surface area (Å²) in [7, 11) is 0. The molecule has 2 heterocycles. The number of benzene rings is 2. The molecule has 4 aromatic rings. The van der Waals surface area contributed by atoms with Gasteiger partial charge in [-0.25, -0.2) is 4.98 Å². The molecule has 1 amide bonds. The van der Waals surface area contributed by atoms with Crippen molar-refractivity contribution in [3.8, 4) is 11.5 Å². The van der Waals surface area contributed by atoms with Crippen LogP contribution in [0.2, 0.25) is 5.02 Å². The number of fused-ring (bicyclic) bond motifs is 1. The van der Waals surface area contributed by atoms with Gasteiger partial charge in [-0.1, -0.05) is 29.3 Å². The van der Waals surface area contributed by atoms with Gasteiger partial charge in [0.1, 0.15) is 24.4 Å². The summed E-state index contributed by atoms with van der Waals surface area (Å²) in [6.45, 7) is 5.70. The highest BCUT2D eigenvalue weighted by Gasteiger charge is 2.13. The number of ether oxygens (including phenoxy) is 2. The third kappa shape index (κ3) is 5.37. The summed E-state index contributed by atoms with van der Waals surface area (Å²) in [5, 5.41) is 3.18. The summed E-state index contributed by atoms with van der Waals surface area (Å²) >= 11 is 6.11. The van der Waals surface area contributed by atoms with Crippen LogP contribution in [0.4, 0.5) is 5.69 Å². The molecule has 0 spiro atoms. The van der Waals surface area contributed by atoms with E-state index in [1.807, 2.05) is 32.9 Å². The number of rotatable bonds is 8. The average molecular weight is 482 g/mol. The number of hydrogen-bond donors (Lipinski definition) is 1. The topological polar surface area (TPSA) is 99.7 Å². The average Bonchev–Trinajstić information content (AvgIpc) is 3.23. The van der Waals surface area contributed by atoms with Gasteiger partial charge in [0, 0.05) is 17.1 Å². The van der Waals surface area contributed by atoms with Crippen molar-refractivity contribution in [2.24, 2.45) is 0 Å². The maximum atomic E-state index is 12.6. The summed E-state index contributed by atoms with van der Waals surface area (Å²) in [6, 6.07) is 13.7. The molecule has 34 heavy (non-hydrogen) atoms. The fourth-order valence-corrected chi connectivity index (χ4v) is 3.43. The SMILES string of the molecule is Cc1ccc(OCC(=O)Nc2cc(Cl)ccc2OCc2cc(=O)n3c(ncn3C(C)C)n2)cc1. The van der Waals surface area contributed by atoms with Gasteiger partial charge in [0.05, 0.1) is 11.4 Å². The molecule has 0 aliphatic carbocycles. The van der Waals surface area contributed by atoms with Crippen LogP contribution in [0.15, 0.2) is 59.7 Å². The molecule has 0 aliphatic heterocycles. The van der Waals surface area contributed by atoms with Crippen LogP contribution in [0, 0.1) is 6.92 Å². The Hall–Kier alpha value is -3.85. The van der Waals surface area contributed by atoms with Gasteiger partial charge in [0.15, 0.2) is 6.61 Å². The highest BCUT2D eigenvalue weighted by molar-refractivity contribution is 6.31. The van der Waals surface area contributed by atoms with Gasteiger partial charge in [0.25, 0.3) is 17.2 Å². The van der Waals surface area contributed by atoms with E-state index in [-0.39, 0.29) is 36.5 Å². The van der Waals surface area contributed by atoms with Gasteiger partial charge in [-0.15, -0.1) is 0 Å². The molecule has 0 saturated heterocycles. The van der Waals surface area contributed by atoms with Gasteiger partial charge < -0.3 is 14.8 Å². The zero-order valence-electron chi connectivity index (χ0n) is 19.0. The Morgan fingerprint density at radius 3 is 2.62 bits per heavy atom. The smallest absolute Gasteiger partial charge is 0.274 e. The molecule has 0 atom stereocenters. The van der Waals surface area contributed by atoms with E-state index in [9.17, 15) is 9.59 Å². The van der Waals surface area contributed by atoms with Crippen LogP contribution in [-0.4, -0.2) is 31.7 Å². The van der Waals surface area contributed by atoms with E-state index in [1.54, 1.807) is 41.3 Å². The third-order valence-corrected chi connectivity index (χ3v) is 5.20. The quantitative estimate of drug-likeness (QED) is 0.408. The number of aromatic nitrogens is 4. The molecule has 0 radical (unpaired) electrons. The normalized spacial score (nSPS) is 11.1. The van der Waals surface area contributed by atoms with Crippen LogP contribution in [0.5, 0.6) is 11.5 Å². The van der Waals surface area contributed by atoms with E-state index >= 15 is 0 Å². The second-order valence-corrected chi connectivity index (χ2v) is 8.43. The summed E-state index contributed by atoms with van der Waals surface area (Å²) in [5.41, 5.74) is 1.63. The fraction of sp³-hybridized carbons (Fsp3) is 0.250. The molecule has 10 heteroatoms. The van der Waals surface area contributed by atoms with Gasteiger partial charge >= 0.3 is 0 Å². The Kier molecular flexibility index (Phi) is 6.83. The molecule has 176 valence electrons. The van der Waals surface area contributed by atoms with E-state index in [4.69, 9.17) is 21.1 Å². The number of amides is 1. The molecule has 0 bridgehead atoms. The molecule has 9 nitrogen and oxygen atoms in total. The highest BCUT2D eigenvalue weighted by Crippen LogP contribution is 2.28. The summed E-state index contributed by atoms with van der Waals surface area (Å²) < 4.78 is 14.5. The Morgan fingerprint density at radius 1 is 1.12 bits per heavy atom. The van der Waals surface area contributed by atoms with E-state index in [0.717, 1.165) is 5.56 Å². The highest BCUT2D eigenvalue weighted by atomic mass is 35.5. The standard InChI is InChI=1S/C24H24ClN5O4/c1-15(2)29-14-26-24-27-18(11-23(32)30(24)29)12-34-21-9-6-17(25)10-20(21)28-22(31)13-33-19-7-4-16(3)5-8-19/h4-11,14-15H,12-13H2,1-3H3,(H,28,31). The molecular formula is C24H24ClN5O4. The van der Waals surface area contributed by atoms with Crippen molar-refractivity contribution in [2.45, 2.75) is 33.4 Å². The van der Waals surface area contributed by atoms with Gasteiger partial charge in [-0.2, -0.15) is 9.50 Å². The molecule has 0 saturated carbocycles. The van der Waals surface area contributed by atoms with Crippen LogP contribution in [0.25, 0.3) is 5.78 Å². The second-order valence-electron chi connectivity index (χ2n) is 7.99. The molecule has 0 fully saturated rings. The van der Waals surface area contributed by atoms with Gasteiger partial charge in [0.2, 0.25) is 0 Å². The number of carbonyl (C=O) groups is 1. The maximum Gasteiger partial charge on any atom is 0.274 e. The predicted molar refractivity (Wildman–Crippen MR) is 129 cm³/mol. The summed E-state index contributed by atoms with van der Waals surface area (Å²) in [4.78, 5) is 33.6. The van der Waals surface area contributed by atoms with Crippen molar-refractivity contribution in [3.05, 3.63) is 81.5 Å². The van der Waals surface area contributed by atoms with Crippen molar-refractivity contribution in [1.29, 1.82) is 0 Å². The largest absolute Gasteiger partial charge is 0.485 e. The van der Waals surface area contributed by atoms with Crippen LogP contribution in [-0.2, 0) is 11.4 Å². The lowest BCUT2D eigenvalue weighted by Crippen LogP contribution is -2.23. The number of hydrogen-bond acceptors (Lipinski definition) is 6. The predicted octanol–water partition coefficient (Wildman–Crippen LogP) is 4.03. The van der Waals surface area contributed by atoms with E-state index < -0.39 is 0 Å². The maximum absolute atomic E-state index is 12.6. The minimum atomic E-state index is -0.371. The second kappa shape index (κ2) is 9.96. The Labute approximate surface area is 200 Å². The number of nitrogens with zero attached hydrogens (tertiary/aromatic N) is 4. The molecule has 2 aromatic heterocycles. The zero-order chi connectivity index (χ0) is 24.2. The molecule has 4 rings (SSSR count). The first-order chi connectivity index (χ1) is 16.3. The molecule has 2 aromatic carbocycles. The number of aryl methyl sites for hydroxylation is 1. The molecule has 0 aliphatic rings. The third-order valence-electron chi connectivity index (χ3n) is 4.97. The number of anilines is 1. The van der Waals surface area contributed by atoms with E-state index in [0.29, 0.717) is 27.9 Å². The Morgan fingerprint density at radius 2 is 1.88 bits per heavy atom. The molecular weight excluding hydrogens is 458 g/mol. The summed E-state index contributed by atoms with van der Waals surface area (Å²) in [5.74, 6) is 0.890. The molecule has 1 N–H and O–H groups in total. The fourth-order valence-electron chi connectivity index (χ4n) is 3.26. The number of halogens is 1. The minimum Gasteiger partial charge on any atom is -0.485 e. The first-order valence-electron chi connectivity index (χ1n) is 10.7. The molecule has 0 unspecified atom stereocenters. The lowest BCUT2D eigenvalue weighted by Gasteiger charge is -2.13. The van der Waals surface area contributed by atoms with Crippen molar-refractivity contribution in [1.82, 2.24) is 19.2 Å². The first kappa shape index (κ1) is 23.3. The minimum absolute atomic E-state index is 0.00461. The number of nitrogens with one attached hydrogen (secondary N) is 1. The van der Waals surface area contributed by atoms with Gasteiger partial charge in [-0.05, 0) is 51.1 Å². The van der Waals surface area contributed by atoms with Crippen LogP contribution in [0.1, 0.15) is 31.1 Å². The van der Waals surface area contributed by atoms with E-state index in [1.165, 1.54) is 10.6 Å². The first-order valence-corrected chi connectivity index (χ1v) is 11.1. The lowest BCUT2D eigenvalue weighted by molar-refractivity contribution is -0.118. The van der Waals surface area contributed by atoms with Crippen molar-refractivity contribution in [3.63, 3.8) is 0 Å². The Balaban J connectivity index is 1.45. The zero-order valence-corrected chi connectivity index (χ0v) is 19.7.